The summed E-state index contributed by atoms with van der Waals surface area (Å²) >= 11 is 0. The molecule has 3 rings (SSSR count). The lowest BCUT2D eigenvalue weighted by Gasteiger charge is -2.17. The second-order valence-corrected chi connectivity index (χ2v) is 6.11. The highest BCUT2D eigenvalue weighted by Crippen LogP contribution is 2.27. The lowest BCUT2D eigenvalue weighted by molar-refractivity contribution is 0.0697. The number of carboxylic acids is 1. The van der Waals surface area contributed by atoms with Crippen LogP contribution in [0, 0.1) is 0 Å². The molecule has 25 heavy (non-hydrogen) atoms. The van der Waals surface area contributed by atoms with Crippen LogP contribution in [-0.2, 0) is 4.74 Å². The predicted molar refractivity (Wildman–Crippen MR) is 94.8 cm³/mol. The van der Waals surface area contributed by atoms with Gasteiger partial charge in [-0.05, 0) is 42.5 Å². The summed E-state index contributed by atoms with van der Waals surface area (Å²) in [5.74, 6) is -1.19. The van der Waals surface area contributed by atoms with E-state index in [0.29, 0.717) is 23.3 Å². The Bertz CT molecular complexity index is 764. The van der Waals surface area contributed by atoms with Crippen molar-refractivity contribution in [1.29, 1.82) is 0 Å². The number of carbonyl (C=O) groups is 2. The van der Waals surface area contributed by atoms with Gasteiger partial charge in [-0.15, -0.1) is 0 Å². The van der Waals surface area contributed by atoms with Crippen LogP contribution in [-0.4, -0.2) is 36.2 Å². The number of carboxylic acid groups (broad SMARTS) is 1. The minimum atomic E-state index is -1.01. The average molecular weight is 339 g/mol. The molecule has 0 saturated carbocycles. The Kier molecular flexibility index (Phi) is 5.46. The van der Waals surface area contributed by atoms with Crippen LogP contribution < -0.4 is 5.32 Å². The normalized spacial score (nSPS) is 17.5. The summed E-state index contributed by atoms with van der Waals surface area (Å²) in [5, 5.41) is 12.5. The number of carbonyl (C=O) groups excluding carboxylic acids is 1. The molecular weight excluding hydrogens is 318 g/mol. The summed E-state index contributed by atoms with van der Waals surface area (Å²) in [6, 6.07) is 13.9. The SMILES string of the molecule is O=C(O)c1ccccc1-c1ccccc1C(=O)NC1CCCOCC1. The molecule has 1 fully saturated rings. The van der Waals surface area contributed by atoms with E-state index in [4.69, 9.17) is 4.74 Å². The number of benzene rings is 2. The lowest BCUT2D eigenvalue weighted by atomic mass is 9.94. The maximum Gasteiger partial charge on any atom is 0.336 e. The van der Waals surface area contributed by atoms with Gasteiger partial charge in [-0.1, -0.05) is 36.4 Å². The highest BCUT2D eigenvalue weighted by Gasteiger charge is 2.20. The van der Waals surface area contributed by atoms with Gasteiger partial charge in [0.2, 0.25) is 0 Å². The van der Waals surface area contributed by atoms with Crippen molar-refractivity contribution >= 4 is 11.9 Å². The molecule has 1 atom stereocenters. The molecule has 0 radical (unpaired) electrons. The number of nitrogens with one attached hydrogen (secondary N) is 1. The second kappa shape index (κ2) is 7.94. The van der Waals surface area contributed by atoms with Crippen molar-refractivity contribution in [2.24, 2.45) is 0 Å². The standard InChI is InChI=1S/C20H21NO4/c22-19(21-14-6-5-12-25-13-11-14)17-9-3-1-7-15(17)16-8-2-4-10-18(16)20(23)24/h1-4,7-10,14H,5-6,11-13H2,(H,21,22)(H,23,24). The van der Waals surface area contributed by atoms with Crippen molar-refractivity contribution in [3.63, 3.8) is 0 Å². The molecule has 0 aromatic heterocycles. The molecule has 130 valence electrons. The van der Waals surface area contributed by atoms with Crippen LogP contribution in [0.4, 0.5) is 0 Å². The molecule has 1 saturated heterocycles. The first kappa shape index (κ1) is 17.2. The van der Waals surface area contributed by atoms with Gasteiger partial charge in [0.1, 0.15) is 0 Å². The van der Waals surface area contributed by atoms with Gasteiger partial charge in [-0.3, -0.25) is 4.79 Å². The Morgan fingerprint density at radius 2 is 1.56 bits per heavy atom. The first-order valence-corrected chi connectivity index (χ1v) is 8.47. The van der Waals surface area contributed by atoms with Crippen LogP contribution in [0.1, 0.15) is 40.0 Å². The Morgan fingerprint density at radius 3 is 2.28 bits per heavy atom. The first-order chi connectivity index (χ1) is 12.2. The van der Waals surface area contributed by atoms with E-state index >= 15 is 0 Å². The molecule has 5 heteroatoms. The van der Waals surface area contributed by atoms with Gasteiger partial charge in [-0.2, -0.15) is 0 Å². The first-order valence-electron chi connectivity index (χ1n) is 8.47. The maximum atomic E-state index is 12.8. The predicted octanol–water partition coefficient (Wildman–Crippen LogP) is 3.35. The summed E-state index contributed by atoms with van der Waals surface area (Å²) < 4.78 is 5.43. The number of hydrogen-bond donors (Lipinski definition) is 2. The molecule has 1 aliphatic rings. The lowest BCUT2D eigenvalue weighted by Crippen LogP contribution is -2.35. The fraction of sp³-hybridized carbons (Fsp3) is 0.300. The van der Waals surface area contributed by atoms with E-state index in [2.05, 4.69) is 5.32 Å². The minimum Gasteiger partial charge on any atom is -0.478 e. The largest absolute Gasteiger partial charge is 0.478 e. The highest BCUT2D eigenvalue weighted by molar-refractivity contribution is 6.04. The Labute approximate surface area is 146 Å². The van der Waals surface area contributed by atoms with Gasteiger partial charge >= 0.3 is 5.97 Å². The Morgan fingerprint density at radius 1 is 0.920 bits per heavy atom. The van der Waals surface area contributed by atoms with Crippen molar-refractivity contribution in [3.8, 4) is 11.1 Å². The smallest absolute Gasteiger partial charge is 0.336 e. The van der Waals surface area contributed by atoms with Crippen LogP contribution in [0.2, 0.25) is 0 Å². The summed E-state index contributed by atoms with van der Waals surface area (Å²) in [4.78, 5) is 24.3. The minimum absolute atomic E-state index is 0.0813. The van der Waals surface area contributed by atoms with Gasteiger partial charge in [-0.25, -0.2) is 4.79 Å². The maximum absolute atomic E-state index is 12.8. The van der Waals surface area contributed by atoms with Gasteiger partial charge in [0.25, 0.3) is 5.91 Å². The van der Waals surface area contributed by atoms with Crippen molar-refractivity contribution in [1.82, 2.24) is 5.32 Å². The van der Waals surface area contributed by atoms with Crippen molar-refractivity contribution in [3.05, 3.63) is 59.7 Å². The summed E-state index contributed by atoms with van der Waals surface area (Å²) in [7, 11) is 0. The zero-order valence-electron chi connectivity index (χ0n) is 13.9. The molecule has 1 unspecified atom stereocenters. The molecule has 0 aliphatic carbocycles. The molecule has 1 aliphatic heterocycles. The number of rotatable bonds is 4. The van der Waals surface area contributed by atoms with E-state index in [1.54, 1.807) is 42.5 Å². The number of amides is 1. The van der Waals surface area contributed by atoms with Gasteiger partial charge in [0, 0.05) is 24.8 Å². The van der Waals surface area contributed by atoms with Crippen molar-refractivity contribution in [2.75, 3.05) is 13.2 Å². The van der Waals surface area contributed by atoms with Crippen molar-refractivity contribution in [2.45, 2.75) is 25.3 Å². The third-order valence-corrected chi connectivity index (χ3v) is 4.41. The molecule has 0 bridgehead atoms. The monoisotopic (exact) mass is 339 g/mol. The van der Waals surface area contributed by atoms with E-state index in [0.717, 1.165) is 25.9 Å². The number of ether oxygens (including phenoxy) is 1. The Hall–Kier alpha value is -2.66. The quantitative estimate of drug-likeness (QED) is 0.896. The zero-order valence-corrected chi connectivity index (χ0v) is 13.9. The van der Waals surface area contributed by atoms with Crippen LogP contribution in [0.3, 0.4) is 0 Å². The molecule has 0 spiro atoms. The highest BCUT2D eigenvalue weighted by atomic mass is 16.5. The van der Waals surface area contributed by atoms with Gasteiger partial charge in [0.15, 0.2) is 0 Å². The summed E-state index contributed by atoms with van der Waals surface area (Å²) in [6.45, 7) is 1.38. The summed E-state index contributed by atoms with van der Waals surface area (Å²) in [6.07, 6.45) is 2.60. The van der Waals surface area contributed by atoms with E-state index in [1.807, 2.05) is 6.07 Å². The fourth-order valence-corrected chi connectivity index (χ4v) is 3.13. The summed E-state index contributed by atoms with van der Waals surface area (Å²) in [5.41, 5.74) is 1.85. The molecule has 1 amide bonds. The van der Waals surface area contributed by atoms with Gasteiger partial charge < -0.3 is 15.2 Å². The second-order valence-electron chi connectivity index (χ2n) is 6.11. The van der Waals surface area contributed by atoms with Crippen LogP contribution in [0.15, 0.2) is 48.5 Å². The molecule has 2 aromatic carbocycles. The van der Waals surface area contributed by atoms with Crippen LogP contribution in [0.5, 0.6) is 0 Å². The number of aromatic carboxylic acids is 1. The molecule has 2 aromatic rings. The van der Waals surface area contributed by atoms with Crippen molar-refractivity contribution < 1.29 is 19.4 Å². The van der Waals surface area contributed by atoms with E-state index in [1.165, 1.54) is 0 Å². The molecular formula is C20H21NO4. The third kappa shape index (κ3) is 4.06. The molecule has 5 nitrogen and oxygen atoms in total. The van der Waals surface area contributed by atoms with E-state index in [9.17, 15) is 14.7 Å². The van der Waals surface area contributed by atoms with E-state index in [-0.39, 0.29) is 17.5 Å². The topological polar surface area (TPSA) is 75.6 Å². The zero-order chi connectivity index (χ0) is 17.6. The molecule has 2 N–H and O–H groups in total. The average Bonchev–Trinajstić information content (AvgIpc) is 2.90. The molecule has 1 heterocycles. The van der Waals surface area contributed by atoms with Crippen LogP contribution >= 0.6 is 0 Å². The third-order valence-electron chi connectivity index (χ3n) is 4.41. The Balaban J connectivity index is 1.91. The van der Waals surface area contributed by atoms with Gasteiger partial charge in [0.05, 0.1) is 5.56 Å². The van der Waals surface area contributed by atoms with Crippen LogP contribution in [0.25, 0.3) is 11.1 Å². The fourth-order valence-electron chi connectivity index (χ4n) is 3.13. The van der Waals surface area contributed by atoms with E-state index < -0.39 is 5.97 Å². The number of hydrogen-bond acceptors (Lipinski definition) is 3.